The van der Waals surface area contributed by atoms with Crippen LogP contribution in [0.25, 0.3) is 6.08 Å². The van der Waals surface area contributed by atoms with Gasteiger partial charge in [0.15, 0.2) is 0 Å². The van der Waals surface area contributed by atoms with E-state index in [1.807, 2.05) is 32.5 Å². The van der Waals surface area contributed by atoms with Crippen LogP contribution in [-0.4, -0.2) is 25.2 Å². The van der Waals surface area contributed by atoms with Gasteiger partial charge in [0.1, 0.15) is 17.7 Å². The zero-order chi connectivity index (χ0) is 19.6. The van der Waals surface area contributed by atoms with Crippen LogP contribution in [-0.2, 0) is 18.9 Å². The molecule has 0 spiro atoms. The van der Waals surface area contributed by atoms with Gasteiger partial charge in [-0.25, -0.2) is 9.37 Å². The number of hydrogen-bond donors (Lipinski definition) is 1. The van der Waals surface area contributed by atoms with Crippen LogP contribution < -0.4 is 5.32 Å². The van der Waals surface area contributed by atoms with Gasteiger partial charge in [-0.3, -0.25) is 9.48 Å². The molecular formula is C20H22FN5O. The summed E-state index contributed by atoms with van der Waals surface area (Å²) in [6.45, 7) is 3.85. The third-order valence-electron chi connectivity index (χ3n) is 4.57. The van der Waals surface area contributed by atoms with E-state index in [2.05, 4.69) is 15.4 Å². The monoisotopic (exact) mass is 367 g/mol. The Morgan fingerprint density at radius 3 is 2.48 bits per heavy atom. The fourth-order valence-corrected chi connectivity index (χ4v) is 2.99. The molecule has 6 nitrogen and oxygen atoms in total. The van der Waals surface area contributed by atoms with Crippen molar-refractivity contribution in [3.05, 3.63) is 76.9 Å². The van der Waals surface area contributed by atoms with Crippen LogP contribution in [0.5, 0.6) is 0 Å². The number of carbonyl (C=O) groups is 1. The second-order valence-electron chi connectivity index (χ2n) is 6.43. The van der Waals surface area contributed by atoms with Gasteiger partial charge in [0, 0.05) is 43.8 Å². The highest BCUT2D eigenvalue weighted by atomic mass is 19.1. The molecule has 0 aliphatic heterocycles. The first-order valence-electron chi connectivity index (χ1n) is 8.58. The molecular weight excluding hydrogens is 345 g/mol. The molecule has 1 unspecified atom stereocenters. The molecule has 27 heavy (non-hydrogen) atoms. The first-order chi connectivity index (χ1) is 12.9. The van der Waals surface area contributed by atoms with Crippen molar-refractivity contribution >= 4 is 12.0 Å². The van der Waals surface area contributed by atoms with E-state index in [4.69, 9.17) is 0 Å². The minimum atomic E-state index is -0.487. The summed E-state index contributed by atoms with van der Waals surface area (Å²) in [5.41, 5.74) is 3.51. The second-order valence-corrected chi connectivity index (χ2v) is 6.43. The number of rotatable bonds is 5. The summed E-state index contributed by atoms with van der Waals surface area (Å²) in [4.78, 5) is 16.9. The molecule has 0 fully saturated rings. The summed E-state index contributed by atoms with van der Waals surface area (Å²) in [7, 11) is 3.72. The standard InChI is InChI=1S/C20H22FN5O/c1-13-17(14(2)26(4)24-13)9-10-18(27)23-19(20-22-11-12-25(20)3)15-5-7-16(21)8-6-15/h5-12,19H,1-4H3,(H,23,27)/b10-9+. The summed E-state index contributed by atoms with van der Waals surface area (Å²) in [5.74, 6) is 0.0677. The van der Waals surface area contributed by atoms with Crippen molar-refractivity contribution in [3.63, 3.8) is 0 Å². The number of nitrogens with one attached hydrogen (secondary N) is 1. The molecule has 1 N–H and O–H groups in total. The van der Waals surface area contributed by atoms with Crippen LogP contribution in [0, 0.1) is 19.7 Å². The number of carbonyl (C=O) groups excluding carboxylic acids is 1. The lowest BCUT2D eigenvalue weighted by Gasteiger charge is -2.18. The Hall–Kier alpha value is -3.22. The van der Waals surface area contributed by atoms with Crippen molar-refractivity contribution in [1.29, 1.82) is 0 Å². The number of hydrogen-bond acceptors (Lipinski definition) is 3. The van der Waals surface area contributed by atoms with Gasteiger partial charge in [0.25, 0.3) is 0 Å². The molecule has 0 aliphatic carbocycles. The molecule has 3 rings (SSSR count). The zero-order valence-corrected chi connectivity index (χ0v) is 15.8. The SMILES string of the molecule is Cc1nn(C)c(C)c1/C=C/C(=O)NC(c1ccc(F)cc1)c1nccn1C. The molecule has 2 heterocycles. The average molecular weight is 367 g/mol. The number of aryl methyl sites for hydroxylation is 3. The van der Waals surface area contributed by atoms with Gasteiger partial charge in [-0.1, -0.05) is 12.1 Å². The Balaban J connectivity index is 1.86. The summed E-state index contributed by atoms with van der Waals surface area (Å²) < 4.78 is 16.9. The highest BCUT2D eigenvalue weighted by Crippen LogP contribution is 2.21. The second kappa shape index (κ2) is 7.57. The van der Waals surface area contributed by atoms with Crippen LogP contribution in [0.1, 0.15) is 34.4 Å². The third kappa shape index (κ3) is 3.97. The number of aromatic nitrogens is 4. The molecule has 2 aromatic heterocycles. The van der Waals surface area contributed by atoms with Crippen molar-refractivity contribution in [1.82, 2.24) is 24.6 Å². The maximum absolute atomic E-state index is 13.3. The quantitative estimate of drug-likeness (QED) is 0.705. The molecule has 0 radical (unpaired) electrons. The van der Waals surface area contributed by atoms with Crippen molar-refractivity contribution < 1.29 is 9.18 Å². The van der Waals surface area contributed by atoms with Crippen LogP contribution in [0.3, 0.4) is 0 Å². The highest BCUT2D eigenvalue weighted by Gasteiger charge is 2.20. The normalized spacial score (nSPS) is 12.5. The van der Waals surface area contributed by atoms with E-state index in [-0.39, 0.29) is 11.7 Å². The summed E-state index contributed by atoms with van der Waals surface area (Å²) in [6.07, 6.45) is 6.70. The van der Waals surface area contributed by atoms with E-state index in [0.29, 0.717) is 5.82 Å². The Labute approximate surface area is 157 Å². The minimum absolute atomic E-state index is 0.269. The number of halogens is 1. The van der Waals surface area contributed by atoms with Crippen LogP contribution in [0.15, 0.2) is 42.7 Å². The van der Waals surface area contributed by atoms with E-state index >= 15 is 0 Å². The first kappa shape index (κ1) is 18.6. The molecule has 0 saturated carbocycles. The smallest absolute Gasteiger partial charge is 0.244 e. The fourth-order valence-electron chi connectivity index (χ4n) is 2.99. The van der Waals surface area contributed by atoms with Gasteiger partial charge in [0.05, 0.1) is 5.69 Å². The lowest BCUT2D eigenvalue weighted by atomic mass is 10.1. The first-order valence-corrected chi connectivity index (χ1v) is 8.58. The maximum atomic E-state index is 13.3. The van der Waals surface area contributed by atoms with E-state index in [1.165, 1.54) is 18.2 Å². The summed E-state index contributed by atoms with van der Waals surface area (Å²) in [6, 6.07) is 5.55. The Kier molecular flexibility index (Phi) is 5.21. The van der Waals surface area contributed by atoms with Gasteiger partial charge in [-0.15, -0.1) is 0 Å². The van der Waals surface area contributed by atoms with Crippen LogP contribution in [0.2, 0.25) is 0 Å². The topological polar surface area (TPSA) is 64.7 Å². The van der Waals surface area contributed by atoms with Crippen LogP contribution >= 0.6 is 0 Å². The van der Waals surface area contributed by atoms with E-state index in [0.717, 1.165) is 22.5 Å². The van der Waals surface area contributed by atoms with Gasteiger partial charge in [-0.05, 0) is 37.6 Å². The van der Waals surface area contributed by atoms with E-state index < -0.39 is 6.04 Å². The fraction of sp³-hybridized carbons (Fsp3) is 0.250. The van der Waals surface area contributed by atoms with Gasteiger partial charge < -0.3 is 9.88 Å². The molecule has 0 saturated heterocycles. The minimum Gasteiger partial charge on any atom is -0.339 e. The van der Waals surface area contributed by atoms with Crippen molar-refractivity contribution in [2.75, 3.05) is 0 Å². The predicted molar refractivity (Wildman–Crippen MR) is 101 cm³/mol. The Morgan fingerprint density at radius 1 is 1.22 bits per heavy atom. The van der Waals surface area contributed by atoms with Crippen molar-refractivity contribution in [3.8, 4) is 0 Å². The molecule has 140 valence electrons. The van der Waals surface area contributed by atoms with Crippen molar-refractivity contribution in [2.24, 2.45) is 14.1 Å². The average Bonchev–Trinajstić information content (AvgIpc) is 3.15. The number of benzene rings is 1. The van der Waals surface area contributed by atoms with Crippen LogP contribution in [0.4, 0.5) is 4.39 Å². The zero-order valence-electron chi connectivity index (χ0n) is 15.8. The third-order valence-corrected chi connectivity index (χ3v) is 4.57. The molecule has 7 heteroatoms. The van der Waals surface area contributed by atoms with E-state index in [9.17, 15) is 9.18 Å². The maximum Gasteiger partial charge on any atom is 0.244 e. The predicted octanol–water partition coefficient (Wildman–Crippen LogP) is 2.83. The number of amides is 1. The largest absolute Gasteiger partial charge is 0.339 e. The molecule has 1 atom stereocenters. The molecule has 0 bridgehead atoms. The van der Waals surface area contributed by atoms with E-state index in [1.54, 1.807) is 35.3 Å². The molecule has 1 amide bonds. The Morgan fingerprint density at radius 2 is 1.93 bits per heavy atom. The van der Waals surface area contributed by atoms with Gasteiger partial charge >= 0.3 is 0 Å². The van der Waals surface area contributed by atoms with Crippen molar-refractivity contribution in [2.45, 2.75) is 19.9 Å². The lowest BCUT2D eigenvalue weighted by Crippen LogP contribution is -2.29. The van der Waals surface area contributed by atoms with Gasteiger partial charge in [0.2, 0.25) is 5.91 Å². The highest BCUT2D eigenvalue weighted by molar-refractivity contribution is 5.92. The number of imidazole rings is 1. The summed E-state index contributed by atoms with van der Waals surface area (Å²) >= 11 is 0. The lowest BCUT2D eigenvalue weighted by molar-refractivity contribution is -0.117. The molecule has 0 aliphatic rings. The summed E-state index contributed by atoms with van der Waals surface area (Å²) in [5, 5.41) is 7.30. The Bertz CT molecular complexity index is 984. The number of nitrogens with zero attached hydrogens (tertiary/aromatic N) is 4. The molecule has 1 aromatic carbocycles. The molecule has 3 aromatic rings. The van der Waals surface area contributed by atoms with Gasteiger partial charge in [-0.2, -0.15) is 5.10 Å².